The summed E-state index contributed by atoms with van der Waals surface area (Å²) in [5.41, 5.74) is 2.30. The van der Waals surface area contributed by atoms with Gasteiger partial charge in [0.15, 0.2) is 22.1 Å². The van der Waals surface area contributed by atoms with E-state index in [1.165, 1.54) is 17.4 Å². The van der Waals surface area contributed by atoms with Gasteiger partial charge in [-0.15, -0.1) is 11.3 Å². The van der Waals surface area contributed by atoms with E-state index in [2.05, 4.69) is 10.3 Å². The number of carbonyl (C=O) groups is 1. The van der Waals surface area contributed by atoms with Crippen molar-refractivity contribution in [2.75, 3.05) is 18.5 Å². The molecule has 0 fully saturated rings. The number of rotatable bonds is 4. The summed E-state index contributed by atoms with van der Waals surface area (Å²) in [7, 11) is 0. The molecular formula is C22H17N3O4S. The summed E-state index contributed by atoms with van der Waals surface area (Å²) < 4.78 is 12.9. The number of amides is 1. The molecule has 0 aliphatic carbocycles. The molecule has 2 aromatic carbocycles. The Morgan fingerprint density at radius 3 is 2.83 bits per heavy atom. The summed E-state index contributed by atoms with van der Waals surface area (Å²) in [6.07, 6.45) is 1.63. The molecule has 1 N–H and O–H groups in total. The molecule has 0 saturated heterocycles. The third-order valence-electron chi connectivity index (χ3n) is 4.79. The van der Waals surface area contributed by atoms with Gasteiger partial charge in [-0.05, 0) is 30.3 Å². The first-order chi connectivity index (χ1) is 14.7. The molecule has 4 aromatic rings. The monoisotopic (exact) mass is 419 g/mol. The van der Waals surface area contributed by atoms with Gasteiger partial charge in [0.25, 0.3) is 0 Å². The highest BCUT2D eigenvalue weighted by Gasteiger charge is 2.15. The zero-order valence-corrected chi connectivity index (χ0v) is 16.6. The smallest absolute Gasteiger partial charge is 0.246 e. The Bertz CT molecular complexity index is 1310. The average molecular weight is 419 g/mol. The van der Waals surface area contributed by atoms with Gasteiger partial charge in [0.1, 0.15) is 19.8 Å². The highest BCUT2D eigenvalue weighted by Crippen LogP contribution is 2.35. The first kappa shape index (κ1) is 18.4. The van der Waals surface area contributed by atoms with Gasteiger partial charge in [0.2, 0.25) is 5.91 Å². The molecule has 0 radical (unpaired) electrons. The number of aromatic nitrogens is 2. The molecule has 1 aliphatic rings. The van der Waals surface area contributed by atoms with Crippen LogP contribution in [0.1, 0.15) is 0 Å². The number of ether oxygens (including phenoxy) is 2. The lowest BCUT2D eigenvalue weighted by Gasteiger charge is -2.18. The predicted molar refractivity (Wildman–Crippen MR) is 115 cm³/mol. The van der Waals surface area contributed by atoms with Gasteiger partial charge in [-0.1, -0.05) is 12.1 Å². The van der Waals surface area contributed by atoms with Gasteiger partial charge in [-0.3, -0.25) is 9.59 Å². The van der Waals surface area contributed by atoms with Crippen LogP contribution in [-0.4, -0.2) is 28.7 Å². The molecule has 8 heteroatoms. The molecule has 1 aliphatic heterocycles. The molecule has 0 atom stereocenters. The van der Waals surface area contributed by atoms with Crippen LogP contribution < -0.4 is 20.2 Å². The van der Waals surface area contributed by atoms with E-state index < -0.39 is 0 Å². The number of para-hydroxylation sites is 1. The van der Waals surface area contributed by atoms with E-state index in [4.69, 9.17) is 9.47 Å². The molecule has 0 saturated carbocycles. The lowest BCUT2D eigenvalue weighted by atomic mass is 10.1. The maximum atomic E-state index is 12.6. The van der Waals surface area contributed by atoms with E-state index in [0.717, 1.165) is 22.5 Å². The third-order valence-corrected chi connectivity index (χ3v) is 5.54. The molecule has 1 amide bonds. The minimum Gasteiger partial charge on any atom is -0.486 e. The van der Waals surface area contributed by atoms with Crippen molar-refractivity contribution in [3.05, 3.63) is 70.3 Å². The number of anilines is 1. The Kier molecular flexibility index (Phi) is 4.68. The van der Waals surface area contributed by atoms with Gasteiger partial charge in [-0.25, -0.2) is 4.98 Å². The van der Waals surface area contributed by atoms with E-state index in [0.29, 0.717) is 29.5 Å². The zero-order chi connectivity index (χ0) is 20.5. The van der Waals surface area contributed by atoms with Crippen LogP contribution in [0, 0.1) is 0 Å². The summed E-state index contributed by atoms with van der Waals surface area (Å²) in [6.45, 7) is 1.15. The average Bonchev–Trinajstić information content (AvgIpc) is 3.24. The summed E-state index contributed by atoms with van der Waals surface area (Å²) in [5, 5.41) is 5.82. The Morgan fingerprint density at radius 1 is 1.10 bits per heavy atom. The maximum Gasteiger partial charge on any atom is 0.246 e. The Labute approximate surface area is 175 Å². The largest absolute Gasteiger partial charge is 0.486 e. The fourth-order valence-corrected chi connectivity index (χ4v) is 4.11. The van der Waals surface area contributed by atoms with Crippen LogP contribution in [0.5, 0.6) is 11.5 Å². The molecule has 2 aromatic heterocycles. The van der Waals surface area contributed by atoms with E-state index in [1.807, 2.05) is 41.8 Å². The fraction of sp³-hybridized carbons (Fsp3) is 0.136. The number of nitrogens with one attached hydrogen (secondary N) is 1. The molecule has 30 heavy (non-hydrogen) atoms. The molecule has 5 rings (SSSR count). The van der Waals surface area contributed by atoms with Crippen LogP contribution in [-0.2, 0) is 11.3 Å². The number of thiazole rings is 1. The van der Waals surface area contributed by atoms with Crippen molar-refractivity contribution in [3.8, 4) is 22.8 Å². The standard InChI is InChI=1S/C22H17N3O4S/c26-18-7-8-25(17-4-2-1-3-15(17)18)12-21(27)24-22-23-16(13-30-22)14-5-6-19-20(11-14)29-10-9-28-19/h1-8,11,13H,9-10,12H2,(H,23,24,27). The van der Waals surface area contributed by atoms with Crippen molar-refractivity contribution >= 4 is 33.3 Å². The van der Waals surface area contributed by atoms with E-state index in [-0.39, 0.29) is 17.9 Å². The van der Waals surface area contributed by atoms with Crippen LogP contribution in [0.4, 0.5) is 5.13 Å². The summed E-state index contributed by atoms with van der Waals surface area (Å²) in [6, 6.07) is 14.4. The van der Waals surface area contributed by atoms with Crippen LogP contribution >= 0.6 is 11.3 Å². The van der Waals surface area contributed by atoms with E-state index >= 15 is 0 Å². The van der Waals surface area contributed by atoms with Crippen molar-refractivity contribution in [1.82, 2.24) is 9.55 Å². The molecular weight excluding hydrogens is 402 g/mol. The first-order valence-electron chi connectivity index (χ1n) is 9.41. The molecule has 0 bridgehead atoms. The molecule has 7 nitrogen and oxygen atoms in total. The van der Waals surface area contributed by atoms with Crippen molar-refractivity contribution < 1.29 is 14.3 Å². The second-order valence-corrected chi connectivity index (χ2v) is 7.63. The van der Waals surface area contributed by atoms with Crippen molar-refractivity contribution in [2.24, 2.45) is 0 Å². The molecule has 0 spiro atoms. The summed E-state index contributed by atoms with van der Waals surface area (Å²) in [5.74, 6) is 1.21. The quantitative estimate of drug-likeness (QED) is 0.547. The number of hydrogen-bond acceptors (Lipinski definition) is 6. The molecule has 3 heterocycles. The fourth-order valence-electron chi connectivity index (χ4n) is 3.38. The number of benzene rings is 2. The van der Waals surface area contributed by atoms with Crippen LogP contribution in [0.2, 0.25) is 0 Å². The second-order valence-electron chi connectivity index (χ2n) is 6.77. The first-order valence-corrected chi connectivity index (χ1v) is 10.3. The highest BCUT2D eigenvalue weighted by atomic mass is 32.1. The Balaban J connectivity index is 1.33. The van der Waals surface area contributed by atoms with Gasteiger partial charge in [0.05, 0.1) is 11.2 Å². The molecule has 150 valence electrons. The van der Waals surface area contributed by atoms with Crippen molar-refractivity contribution in [3.63, 3.8) is 0 Å². The lowest BCUT2D eigenvalue weighted by molar-refractivity contribution is -0.116. The minimum absolute atomic E-state index is 0.0637. The SMILES string of the molecule is O=C(Cn1ccc(=O)c2ccccc21)Nc1nc(-c2ccc3c(c2)OCCO3)cs1. The lowest BCUT2D eigenvalue weighted by Crippen LogP contribution is -2.20. The zero-order valence-electron chi connectivity index (χ0n) is 15.8. The number of fused-ring (bicyclic) bond motifs is 2. The van der Waals surface area contributed by atoms with Gasteiger partial charge < -0.3 is 19.4 Å². The summed E-state index contributed by atoms with van der Waals surface area (Å²) in [4.78, 5) is 29.1. The second kappa shape index (κ2) is 7.64. The Morgan fingerprint density at radius 2 is 1.93 bits per heavy atom. The van der Waals surface area contributed by atoms with Crippen molar-refractivity contribution in [1.29, 1.82) is 0 Å². The number of hydrogen-bond donors (Lipinski definition) is 1. The number of carbonyl (C=O) groups excluding carboxylic acids is 1. The van der Waals surface area contributed by atoms with Crippen LogP contribution in [0.3, 0.4) is 0 Å². The minimum atomic E-state index is -0.216. The topological polar surface area (TPSA) is 82.5 Å². The summed E-state index contributed by atoms with van der Waals surface area (Å²) >= 11 is 1.35. The molecule has 0 unspecified atom stereocenters. The van der Waals surface area contributed by atoms with E-state index in [1.54, 1.807) is 16.8 Å². The number of nitrogens with zero attached hydrogens (tertiary/aromatic N) is 2. The third kappa shape index (κ3) is 3.53. The van der Waals surface area contributed by atoms with Gasteiger partial charge in [0, 0.05) is 28.6 Å². The Hall–Kier alpha value is -3.65. The predicted octanol–water partition coefficient (Wildman–Crippen LogP) is 3.53. The van der Waals surface area contributed by atoms with Crippen molar-refractivity contribution in [2.45, 2.75) is 6.54 Å². The van der Waals surface area contributed by atoms with E-state index in [9.17, 15) is 9.59 Å². The van der Waals surface area contributed by atoms with Gasteiger partial charge >= 0.3 is 0 Å². The highest BCUT2D eigenvalue weighted by molar-refractivity contribution is 7.14. The van der Waals surface area contributed by atoms with Crippen LogP contribution in [0.25, 0.3) is 22.2 Å². The number of pyridine rings is 1. The van der Waals surface area contributed by atoms with Crippen LogP contribution in [0.15, 0.2) is 64.9 Å². The maximum absolute atomic E-state index is 12.6. The van der Waals surface area contributed by atoms with Gasteiger partial charge in [-0.2, -0.15) is 0 Å². The normalized spacial score (nSPS) is 12.7.